The van der Waals surface area contributed by atoms with Crippen molar-refractivity contribution in [3.8, 4) is 0 Å². The molecule has 0 spiro atoms. The summed E-state index contributed by atoms with van der Waals surface area (Å²) in [6.07, 6.45) is 2.47. The average molecular weight is 399 g/mol. The quantitative estimate of drug-likeness (QED) is 0.644. The number of anilines is 2. The highest BCUT2D eigenvalue weighted by atomic mass is 19.1. The van der Waals surface area contributed by atoms with Crippen molar-refractivity contribution in [2.45, 2.75) is 53.0 Å². The molecule has 0 bridgehead atoms. The maximum atomic E-state index is 14.3. The molecule has 156 valence electrons. The fraction of sp³-hybridized carbons (Fsp3) is 0.458. The number of aryl methyl sites for hydroxylation is 2. The number of hydrogen-bond donors (Lipinski definition) is 2. The number of nitrogens with one attached hydrogen (secondary N) is 1. The van der Waals surface area contributed by atoms with E-state index < -0.39 is 5.97 Å². The summed E-state index contributed by atoms with van der Waals surface area (Å²) >= 11 is 0. The molecule has 0 atom stereocenters. The van der Waals surface area contributed by atoms with Gasteiger partial charge in [-0.15, -0.1) is 0 Å². The van der Waals surface area contributed by atoms with Crippen LogP contribution in [0.2, 0.25) is 0 Å². The van der Waals surface area contributed by atoms with Gasteiger partial charge in [0.1, 0.15) is 5.82 Å². The number of carboxylic acid groups (broad SMARTS) is 1. The minimum absolute atomic E-state index is 0.0646. The van der Waals surface area contributed by atoms with Gasteiger partial charge < -0.3 is 15.3 Å². The van der Waals surface area contributed by atoms with Crippen molar-refractivity contribution in [1.29, 1.82) is 0 Å². The molecule has 0 saturated carbocycles. The van der Waals surface area contributed by atoms with Gasteiger partial charge >= 0.3 is 5.97 Å². The van der Waals surface area contributed by atoms with Gasteiger partial charge in [0.25, 0.3) is 0 Å². The Hall–Kier alpha value is -2.56. The van der Waals surface area contributed by atoms with Crippen LogP contribution in [-0.2, 0) is 24.2 Å². The fourth-order valence-corrected chi connectivity index (χ4v) is 4.13. The standard InChI is InChI=1S/C24H31FN2O2/c1-16(2)15-27-12-4-5-19-6-7-20(17(3)24(19)27)14-26-21-10-8-18(22(25)13-21)9-11-23(28)29/h6-8,10,13,16,26H,4-5,9,11-12,14-15H2,1-3H3,(H,28,29). The molecule has 0 saturated heterocycles. The van der Waals surface area contributed by atoms with Gasteiger partial charge in [-0.3, -0.25) is 4.79 Å². The second-order valence-electron chi connectivity index (χ2n) is 8.35. The smallest absolute Gasteiger partial charge is 0.303 e. The first-order valence-electron chi connectivity index (χ1n) is 10.5. The van der Waals surface area contributed by atoms with Gasteiger partial charge in [-0.2, -0.15) is 0 Å². The lowest BCUT2D eigenvalue weighted by atomic mass is 9.94. The van der Waals surface area contributed by atoms with Gasteiger partial charge in [-0.25, -0.2) is 4.39 Å². The second kappa shape index (κ2) is 9.29. The maximum Gasteiger partial charge on any atom is 0.303 e. The molecule has 2 aromatic rings. The normalized spacial score (nSPS) is 13.5. The number of halogens is 1. The summed E-state index contributed by atoms with van der Waals surface area (Å²) < 4.78 is 14.3. The van der Waals surface area contributed by atoms with Crippen LogP contribution in [0.4, 0.5) is 15.8 Å². The molecule has 0 radical (unpaired) electrons. The lowest BCUT2D eigenvalue weighted by molar-refractivity contribution is -0.136. The van der Waals surface area contributed by atoms with Gasteiger partial charge in [-0.05, 0) is 66.5 Å². The van der Waals surface area contributed by atoms with Crippen molar-refractivity contribution in [3.05, 3.63) is 58.4 Å². The Balaban J connectivity index is 1.73. The Labute approximate surface area is 172 Å². The first-order valence-corrected chi connectivity index (χ1v) is 10.5. The molecular formula is C24H31FN2O2. The molecule has 3 rings (SSSR count). The zero-order valence-corrected chi connectivity index (χ0v) is 17.6. The number of carbonyl (C=O) groups is 1. The molecule has 1 aliphatic heterocycles. The summed E-state index contributed by atoms with van der Waals surface area (Å²) in [7, 11) is 0. The van der Waals surface area contributed by atoms with E-state index in [1.807, 2.05) is 6.07 Å². The van der Waals surface area contributed by atoms with Gasteiger partial charge in [0.2, 0.25) is 0 Å². The summed E-state index contributed by atoms with van der Waals surface area (Å²) in [6.45, 7) is 9.49. The summed E-state index contributed by atoms with van der Waals surface area (Å²) in [4.78, 5) is 13.2. The Morgan fingerprint density at radius 1 is 1.24 bits per heavy atom. The molecule has 0 amide bonds. The molecule has 2 N–H and O–H groups in total. The van der Waals surface area contributed by atoms with Crippen molar-refractivity contribution < 1.29 is 14.3 Å². The number of hydrogen-bond acceptors (Lipinski definition) is 3. The molecule has 0 unspecified atom stereocenters. The molecule has 2 aromatic carbocycles. The van der Waals surface area contributed by atoms with Gasteiger partial charge in [-0.1, -0.05) is 32.0 Å². The Morgan fingerprint density at radius 2 is 2.00 bits per heavy atom. The van der Waals surface area contributed by atoms with Crippen LogP contribution in [0.3, 0.4) is 0 Å². The summed E-state index contributed by atoms with van der Waals surface area (Å²) in [5.74, 6) is -0.660. The minimum atomic E-state index is -0.916. The number of aliphatic carboxylic acids is 1. The van der Waals surface area contributed by atoms with E-state index >= 15 is 0 Å². The molecule has 1 aliphatic rings. The van der Waals surface area contributed by atoms with Crippen LogP contribution in [0.5, 0.6) is 0 Å². The minimum Gasteiger partial charge on any atom is -0.481 e. The Bertz CT molecular complexity index is 879. The van der Waals surface area contributed by atoms with E-state index in [0.717, 1.165) is 19.5 Å². The van der Waals surface area contributed by atoms with Gasteiger partial charge in [0.05, 0.1) is 0 Å². The molecule has 29 heavy (non-hydrogen) atoms. The lowest BCUT2D eigenvalue weighted by Crippen LogP contribution is -2.33. The van der Waals surface area contributed by atoms with E-state index in [0.29, 0.717) is 23.7 Å². The highest BCUT2D eigenvalue weighted by Crippen LogP contribution is 2.33. The van der Waals surface area contributed by atoms with Gasteiger partial charge in [0.15, 0.2) is 0 Å². The SMILES string of the molecule is Cc1c(CNc2ccc(CCC(=O)O)c(F)c2)ccc2c1N(CC(C)C)CCC2. The first kappa shape index (κ1) is 21.2. The third-order valence-electron chi connectivity index (χ3n) is 5.55. The largest absolute Gasteiger partial charge is 0.481 e. The zero-order valence-electron chi connectivity index (χ0n) is 17.6. The van der Waals surface area contributed by atoms with Crippen LogP contribution in [0, 0.1) is 18.7 Å². The third kappa shape index (κ3) is 5.28. The van der Waals surface area contributed by atoms with E-state index in [1.54, 1.807) is 6.07 Å². The number of carboxylic acids is 1. The van der Waals surface area contributed by atoms with Gasteiger partial charge in [0, 0.05) is 37.4 Å². The molecular weight excluding hydrogens is 367 g/mol. The second-order valence-corrected chi connectivity index (χ2v) is 8.35. The predicted octanol–water partition coefficient (Wildman–Crippen LogP) is 5.17. The highest BCUT2D eigenvalue weighted by Gasteiger charge is 2.21. The molecule has 1 heterocycles. The number of rotatable bonds is 8. The number of nitrogens with zero attached hydrogens (tertiary/aromatic N) is 1. The Morgan fingerprint density at radius 3 is 2.69 bits per heavy atom. The zero-order chi connectivity index (χ0) is 21.0. The Kier molecular flexibility index (Phi) is 6.78. The first-order chi connectivity index (χ1) is 13.8. The van der Waals surface area contributed by atoms with E-state index in [-0.39, 0.29) is 18.7 Å². The predicted molar refractivity (Wildman–Crippen MR) is 116 cm³/mol. The average Bonchev–Trinajstić information content (AvgIpc) is 2.66. The van der Waals surface area contributed by atoms with E-state index in [2.05, 4.69) is 43.1 Å². The summed E-state index contributed by atoms with van der Waals surface area (Å²) in [5, 5.41) is 12.1. The lowest BCUT2D eigenvalue weighted by Gasteiger charge is -2.35. The van der Waals surface area contributed by atoms with Crippen LogP contribution in [0.1, 0.15) is 48.9 Å². The topological polar surface area (TPSA) is 52.6 Å². The van der Waals surface area contributed by atoms with Crippen LogP contribution in [0.15, 0.2) is 30.3 Å². The van der Waals surface area contributed by atoms with Crippen LogP contribution >= 0.6 is 0 Å². The van der Waals surface area contributed by atoms with Crippen molar-refractivity contribution >= 4 is 17.3 Å². The fourth-order valence-electron chi connectivity index (χ4n) is 4.13. The van der Waals surface area contributed by atoms with Crippen molar-refractivity contribution in [1.82, 2.24) is 0 Å². The van der Waals surface area contributed by atoms with Crippen molar-refractivity contribution in [3.63, 3.8) is 0 Å². The van der Waals surface area contributed by atoms with Crippen molar-refractivity contribution in [2.75, 3.05) is 23.3 Å². The van der Waals surface area contributed by atoms with Crippen LogP contribution < -0.4 is 10.2 Å². The van der Waals surface area contributed by atoms with Crippen LogP contribution in [-0.4, -0.2) is 24.2 Å². The number of benzene rings is 2. The van der Waals surface area contributed by atoms with E-state index in [1.165, 1.54) is 34.9 Å². The van der Waals surface area contributed by atoms with E-state index in [9.17, 15) is 9.18 Å². The third-order valence-corrected chi connectivity index (χ3v) is 5.55. The van der Waals surface area contributed by atoms with Crippen molar-refractivity contribution in [2.24, 2.45) is 5.92 Å². The maximum absolute atomic E-state index is 14.3. The van der Waals surface area contributed by atoms with E-state index in [4.69, 9.17) is 5.11 Å². The molecule has 0 fully saturated rings. The monoisotopic (exact) mass is 398 g/mol. The number of fused-ring (bicyclic) bond motifs is 1. The molecule has 0 aromatic heterocycles. The molecule has 0 aliphatic carbocycles. The summed E-state index contributed by atoms with van der Waals surface area (Å²) in [5.41, 5.74) is 6.46. The molecule has 5 heteroatoms. The highest BCUT2D eigenvalue weighted by molar-refractivity contribution is 5.67. The molecule has 4 nitrogen and oxygen atoms in total. The summed E-state index contributed by atoms with van der Waals surface area (Å²) in [6, 6.07) is 9.36. The van der Waals surface area contributed by atoms with Crippen LogP contribution in [0.25, 0.3) is 0 Å².